The van der Waals surface area contributed by atoms with Gasteiger partial charge in [-0.05, 0) is 18.2 Å². The first-order valence-electron chi connectivity index (χ1n) is 5.11. The van der Waals surface area contributed by atoms with Gasteiger partial charge in [-0.2, -0.15) is 0 Å². The van der Waals surface area contributed by atoms with Gasteiger partial charge in [0.25, 0.3) is 0 Å². The molecule has 1 aromatic carbocycles. The van der Waals surface area contributed by atoms with Crippen LogP contribution in [0.5, 0.6) is 11.5 Å². The molecular weight excluding hydrogens is 190 g/mol. The molecule has 0 aliphatic heterocycles. The van der Waals surface area contributed by atoms with Crippen molar-refractivity contribution >= 4 is 0 Å². The largest absolute Gasteiger partial charge is 0.497 e. The Hall–Kier alpha value is -1.22. The summed E-state index contributed by atoms with van der Waals surface area (Å²) in [6, 6.07) is 6.28. The van der Waals surface area contributed by atoms with Crippen molar-refractivity contribution in [1.82, 2.24) is 5.32 Å². The van der Waals surface area contributed by atoms with E-state index in [9.17, 15) is 0 Å². The molecule has 0 amide bonds. The van der Waals surface area contributed by atoms with Gasteiger partial charge in [0.2, 0.25) is 0 Å². The summed E-state index contributed by atoms with van der Waals surface area (Å²) >= 11 is 0. The predicted octanol–water partition coefficient (Wildman–Crippen LogP) is 2.20. The molecule has 0 heterocycles. The summed E-state index contributed by atoms with van der Waals surface area (Å²) in [5, 5.41) is 3.35. The van der Waals surface area contributed by atoms with Gasteiger partial charge in [0, 0.05) is 18.2 Å². The molecule has 0 radical (unpaired) electrons. The first-order valence-corrected chi connectivity index (χ1v) is 5.11. The third-order valence-corrected chi connectivity index (χ3v) is 2.19. The monoisotopic (exact) mass is 209 g/mol. The van der Waals surface area contributed by atoms with Crippen molar-refractivity contribution in [2.24, 2.45) is 0 Å². The summed E-state index contributed by atoms with van der Waals surface area (Å²) in [7, 11) is 3.35. The van der Waals surface area contributed by atoms with Crippen molar-refractivity contribution in [2.75, 3.05) is 14.2 Å². The predicted molar refractivity (Wildman–Crippen MR) is 61.5 cm³/mol. The van der Waals surface area contributed by atoms with Crippen LogP contribution in [0.15, 0.2) is 18.2 Å². The normalized spacial score (nSPS) is 10.5. The molecule has 3 heteroatoms. The number of hydrogen-bond donors (Lipinski definition) is 1. The molecule has 0 atom stereocenters. The van der Waals surface area contributed by atoms with Gasteiger partial charge in [0.05, 0.1) is 14.2 Å². The maximum Gasteiger partial charge on any atom is 0.123 e. The SMILES string of the molecule is COc1ccc(OC)c(CNC(C)C)c1. The summed E-state index contributed by atoms with van der Waals surface area (Å²) in [4.78, 5) is 0. The minimum atomic E-state index is 0.459. The van der Waals surface area contributed by atoms with E-state index in [4.69, 9.17) is 9.47 Å². The van der Waals surface area contributed by atoms with E-state index < -0.39 is 0 Å². The van der Waals surface area contributed by atoms with Crippen molar-refractivity contribution in [3.63, 3.8) is 0 Å². The lowest BCUT2D eigenvalue weighted by Gasteiger charge is -2.12. The quantitative estimate of drug-likeness (QED) is 0.806. The standard InChI is InChI=1S/C12H19NO2/c1-9(2)13-8-10-7-11(14-3)5-6-12(10)15-4/h5-7,9,13H,8H2,1-4H3. The van der Waals surface area contributed by atoms with Crippen molar-refractivity contribution < 1.29 is 9.47 Å². The molecular formula is C12H19NO2. The van der Waals surface area contributed by atoms with Gasteiger partial charge in [0.15, 0.2) is 0 Å². The zero-order chi connectivity index (χ0) is 11.3. The number of rotatable bonds is 5. The molecule has 0 aliphatic rings. The summed E-state index contributed by atoms with van der Waals surface area (Å²) in [6.45, 7) is 5.03. The van der Waals surface area contributed by atoms with Gasteiger partial charge in [-0.1, -0.05) is 13.8 Å². The lowest BCUT2D eigenvalue weighted by Crippen LogP contribution is -2.22. The number of ether oxygens (including phenoxy) is 2. The van der Waals surface area contributed by atoms with Crippen LogP contribution < -0.4 is 14.8 Å². The Morgan fingerprint density at radius 1 is 1.20 bits per heavy atom. The molecule has 0 aliphatic carbocycles. The van der Waals surface area contributed by atoms with Crippen LogP contribution in [0.1, 0.15) is 19.4 Å². The van der Waals surface area contributed by atoms with Crippen LogP contribution in [0.4, 0.5) is 0 Å². The molecule has 84 valence electrons. The lowest BCUT2D eigenvalue weighted by molar-refractivity contribution is 0.396. The summed E-state index contributed by atoms with van der Waals surface area (Å²) in [5.74, 6) is 1.75. The van der Waals surface area contributed by atoms with Gasteiger partial charge in [-0.25, -0.2) is 0 Å². The number of nitrogens with one attached hydrogen (secondary N) is 1. The molecule has 0 aromatic heterocycles. The van der Waals surface area contributed by atoms with Gasteiger partial charge in [0.1, 0.15) is 11.5 Å². The second-order valence-corrected chi connectivity index (χ2v) is 3.71. The molecule has 0 spiro atoms. The van der Waals surface area contributed by atoms with Crippen molar-refractivity contribution in [3.05, 3.63) is 23.8 Å². The van der Waals surface area contributed by atoms with E-state index in [0.29, 0.717) is 6.04 Å². The molecule has 0 saturated carbocycles. The Labute approximate surface area is 91.4 Å². The van der Waals surface area contributed by atoms with E-state index in [1.54, 1.807) is 14.2 Å². The average Bonchev–Trinajstić information content (AvgIpc) is 2.25. The fourth-order valence-corrected chi connectivity index (χ4v) is 1.33. The maximum atomic E-state index is 5.28. The molecule has 15 heavy (non-hydrogen) atoms. The van der Waals surface area contributed by atoms with E-state index in [1.165, 1.54) is 0 Å². The van der Waals surface area contributed by atoms with Crippen LogP contribution in [0.25, 0.3) is 0 Å². The van der Waals surface area contributed by atoms with E-state index in [-0.39, 0.29) is 0 Å². The molecule has 1 rings (SSSR count). The molecule has 0 unspecified atom stereocenters. The van der Waals surface area contributed by atoms with E-state index in [1.807, 2.05) is 18.2 Å². The summed E-state index contributed by atoms with van der Waals surface area (Å²) in [6.07, 6.45) is 0. The van der Waals surface area contributed by atoms with Crippen LogP contribution in [-0.2, 0) is 6.54 Å². The second-order valence-electron chi connectivity index (χ2n) is 3.71. The molecule has 3 nitrogen and oxygen atoms in total. The van der Waals surface area contributed by atoms with Crippen LogP contribution in [0, 0.1) is 0 Å². The van der Waals surface area contributed by atoms with Crippen molar-refractivity contribution in [1.29, 1.82) is 0 Å². The topological polar surface area (TPSA) is 30.5 Å². The highest BCUT2D eigenvalue weighted by Crippen LogP contribution is 2.23. The van der Waals surface area contributed by atoms with Crippen LogP contribution in [0.3, 0.4) is 0 Å². The summed E-state index contributed by atoms with van der Waals surface area (Å²) < 4.78 is 10.5. The zero-order valence-corrected chi connectivity index (χ0v) is 9.83. The average molecular weight is 209 g/mol. The minimum absolute atomic E-state index is 0.459. The zero-order valence-electron chi connectivity index (χ0n) is 9.83. The van der Waals surface area contributed by atoms with Crippen molar-refractivity contribution in [2.45, 2.75) is 26.4 Å². The third-order valence-electron chi connectivity index (χ3n) is 2.19. The maximum absolute atomic E-state index is 5.28. The minimum Gasteiger partial charge on any atom is -0.497 e. The van der Waals surface area contributed by atoms with Gasteiger partial charge in [-0.3, -0.25) is 0 Å². The first kappa shape index (κ1) is 11.9. The van der Waals surface area contributed by atoms with E-state index in [2.05, 4.69) is 19.2 Å². The third kappa shape index (κ3) is 3.44. The van der Waals surface area contributed by atoms with Crippen LogP contribution >= 0.6 is 0 Å². The smallest absolute Gasteiger partial charge is 0.123 e. The molecule has 1 N–H and O–H groups in total. The van der Waals surface area contributed by atoms with Crippen LogP contribution in [0.2, 0.25) is 0 Å². The Balaban J connectivity index is 2.81. The fourth-order valence-electron chi connectivity index (χ4n) is 1.33. The van der Waals surface area contributed by atoms with Gasteiger partial charge in [-0.15, -0.1) is 0 Å². The highest BCUT2D eigenvalue weighted by Gasteiger charge is 2.05. The molecule has 0 fully saturated rings. The fraction of sp³-hybridized carbons (Fsp3) is 0.500. The van der Waals surface area contributed by atoms with Crippen LogP contribution in [-0.4, -0.2) is 20.3 Å². The second kappa shape index (κ2) is 5.61. The van der Waals surface area contributed by atoms with Gasteiger partial charge >= 0.3 is 0 Å². The van der Waals surface area contributed by atoms with E-state index >= 15 is 0 Å². The Morgan fingerprint density at radius 2 is 1.93 bits per heavy atom. The number of benzene rings is 1. The van der Waals surface area contributed by atoms with Crippen molar-refractivity contribution in [3.8, 4) is 11.5 Å². The number of hydrogen-bond acceptors (Lipinski definition) is 3. The summed E-state index contributed by atoms with van der Waals surface area (Å²) in [5.41, 5.74) is 1.12. The molecule has 1 aromatic rings. The first-order chi connectivity index (χ1) is 7.17. The molecule has 0 saturated heterocycles. The number of methoxy groups -OCH3 is 2. The lowest BCUT2D eigenvalue weighted by atomic mass is 10.2. The Kier molecular flexibility index (Phi) is 4.43. The highest BCUT2D eigenvalue weighted by atomic mass is 16.5. The Bertz CT molecular complexity index is 310. The Morgan fingerprint density at radius 3 is 2.47 bits per heavy atom. The van der Waals surface area contributed by atoms with E-state index in [0.717, 1.165) is 23.6 Å². The van der Waals surface area contributed by atoms with Gasteiger partial charge < -0.3 is 14.8 Å². The highest BCUT2D eigenvalue weighted by molar-refractivity contribution is 5.40. The molecule has 0 bridgehead atoms.